The van der Waals surface area contributed by atoms with Crippen LogP contribution in [0.1, 0.15) is 5.56 Å². The molecule has 0 amide bonds. The third-order valence-corrected chi connectivity index (χ3v) is 4.03. The van der Waals surface area contributed by atoms with Crippen LogP contribution in [0.3, 0.4) is 0 Å². The van der Waals surface area contributed by atoms with Gasteiger partial charge in [-0.25, -0.2) is 10.8 Å². The lowest BCUT2D eigenvalue weighted by molar-refractivity contribution is 0.322. The summed E-state index contributed by atoms with van der Waals surface area (Å²) in [5, 5.41) is 9.52. The van der Waals surface area contributed by atoms with E-state index in [-0.39, 0.29) is 6.61 Å². The maximum absolute atomic E-state index is 8.80. The van der Waals surface area contributed by atoms with E-state index in [9.17, 15) is 0 Å². The number of nitrogens with two attached hydrogens (primary N) is 1. The van der Waals surface area contributed by atoms with Crippen LogP contribution in [0, 0.1) is 6.92 Å². The Morgan fingerprint density at radius 1 is 1.56 bits per heavy atom. The van der Waals surface area contributed by atoms with Crippen molar-refractivity contribution < 1.29 is 5.11 Å². The van der Waals surface area contributed by atoms with E-state index in [1.54, 1.807) is 11.8 Å². The number of fused-ring (bicyclic) bond motifs is 1. The van der Waals surface area contributed by atoms with Gasteiger partial charge in [0, 0.05) is 10.6 Å². The minimum Gasteiger partial charge on any atom is -0.396 e. The van der Waals surface area contributed by atoms with Crippen molar-refractivity contribution in [1.29, 1.82) is 0 Å². The second-order valence-corrected chi connectivity index (χ2v) is 5.52. The molecule has 0 aliphatic rings. The minimum atomic E-state index is 0.194. The van der Waals surface area contributed by atoms with Gasteiger partial charge in [-0.2, -0.15) is 0 Å². The van der Waals surface area contributed by atoms with E-state index in [1.165, 1.54) is 11.3 Å². The number of nitrogens with zero attached hydrogens (tertiary/aromatic N) is 1. The standard InChI is InChI=1S/C10H13N3OS2/c1-6-4-7(15-3-2-14)5-8-9(6)12-10(13-11)16-8/h4-5,14H,2-3,11H2,1H3,(H,12,13). The summed E-state index contributed by atoms with van der Waals surface area (Å²) >= 11 is 3.18. The van der Waals surface area contributed by atoms with Crippen LogP contribution in [0.2, 0.25) is 0 Å². The monoisotopic (exact) mass is 255 g/mol. The highest BCUT2D eigenvalue weighted by Gasteiger charge is 2.07. The highest BCUT2D eigenvalue weighted by atomic mass is 32.2. The third kappa shape index (κ3) is 2.30. The van der Waals surface area contributed by atoms with Crippen LogP contribution in [-0.2, 0) is 0 Å². The van der Waals surface area contributed by atoms with Crippen LogP contribution in [0.4, 0.5) is 5.13 Å². The summed E-state index contributed by atoms with van der Waals surface area (Å²) in [5.74, 6) is 6.06. The first kappa shape index (κ1) is 11.7. The van der Waals surface area contributed by atoms with Gasteiger partial charge in [0.2, 0.25) is 0 Å². The topological polar surface area (TPSA) is 71.2 Å². The number of nitrogen functional groups attached to an aromatic ring is 1. The van der Waals surface area contributed by atoms with Crippen LogP contribution in [0.25, 0.3) is 10.2 Å². The van der Waals surface area contributed by atoms with Gasteiger partial charge in [0.15, 0.2) is 5.13 Å². The number of aryl methyl sites for hydroxylation is 1. The van der Waals surface area contributed by atoms with E-state index in [4.69, 9.17) is 10.9 Å². The molecule has 16 heavy (non-hydrogen) atoms. The number of thiazole rings is 1. The van der Waals surface area contributed by atoms with Gasteiger partial charge in [0.1, 0.15) is 0 Å². The molecule has 1 aromatic carbocycles. The fraction of sp³-hybridized carbons (Fsp3) is 0.300. The fourth-order valence-electron chi connectivity index (χ4n) is 1.47. The third-order valence-electron chi connectivity index (χ3n) is 2.14. The molecule has 2 aromatic rings. The molecule has 4 nitrogen and oxygen atoms in total. The van der Waals surface area contributed by atoms with Crippen molar-refractivity contribution in [2.75, 3.05) is 17.8 Å². The number of aromatic nitrogens is 1. The molecule has 0 saturated carbocycles. The number of thioether (sulfide) groups is 1. The van der Waals surface area contributed by atoms with E-state index in [1.807, 2.05) is 6.92 Å². The largest absolute Gasteiger partial charge is 0.396 e. The molecule has 2 rings (SSSR count). The summed E-state index contributed by atoms with van der Waals surface area (Å²) in [7, 11) is 0. The zero-order valence-corrected chi connectivity index (χ0v) is 10.5. The molecule has 0 spiro atoms. The number of aliphatic hydroxyl groups is 1. The second-order valence-electron chi connectivity index (χ2n) is 3.32. The van der Waals surface area contributed by atoms with Gasteiger partial charge in [-0.1, -0.05) is 11.3 Å². The Morgan fingerprint density at radius 3 is 3.06 bits per heavy atom. The summed E-state index contributed by atoms with van der Waals surface area (Å²) in [6.07, 6.45) is 0. The Bertz CT molecular complexity index is 498. The van der Waals surface area contributed by atoms with Crippen molar-refractivity contribution in [3.63, 3.8) is 0 Å². The van der Waals surface area contributed by atoms with Crippen molar-refractivity contribution in [1.82, 2.24) is 4.98 Å². The molecule has 0 atom stereocenters. The Kier molecular flexibility index (Phi) is 3.65. The van der Waals surface area contributed by atoms with E-state index in [0.717, 1.165) is 25.8 Å². The first-order valence-corrected chi connectivity index (χ1v) is 6.66. The Balaban J connectivity index is 2.40. The number of aliphatic hydroxyl groups excluding tert-OH is 1. The molecule has 0 aliphatic carbocycles. The Morgan fingerprint density at radius 2 is 2.38 bits per heavy atom. The van der Waals surface area contributed by atoms with E-state index >= 15 is 0 Å². The maximum atomic E-state index is 8.80. The first-order valence-electron chi connectivity index (χ1n) is 4.86. The molecule has 0 radical (unpaired) electrons. The first-order chi connectivity index (χ1) is 7.74. The van der Waals surface area contributed by atoms with Gasteiger partial charge in [-0.05, 0) is 24.6 Å². The van der Waals surface area contributed by atoms with E-state index < -0.39 is 0 Å². The molecule has 0 bridgehead atoms. The normalized spacial score (nSPS) is 10.9. The molecule has 0 fully saturated rings. The predicted molar refractivity (Wildman–Crippen MR) is 70.0 cm³/mol. The lowest BCUT2D eigenvalue weighted by Gasteiger charge is -2.01. The zero-order chi connectivity index (χ0) is 11.5. The lowest BCUT2D eigenvalue weighted by atomic mass is 10.2. The average Bonchev–Trinajstić information content (AvgIpc) is 2.70. The SMILES string of the molecule is Cc1cc(SCCO)cc2sc(NN)nc12. The number of hydrogen-bond acceptors (Lipinski definition) is 6. The van der Waals surface area contributed by atoms with Crippen molar-refractivity contribution >= 4 is 38.4 Å². The molecule has 86 valence electrons. The summed E-state index contributed by atoms with van der Waals surface area (Å²) in [6.45, 7) is 2.23. The fourth-order valence-corrected chi connectivity index (χ4v) is 3.23. The van der Waals surface area contributed by atoms with Crippen molar-refractivity contribution in [2.45, 2.75) is 11.8 Å². The van der Waals surface area contributed by atoms with E-state index in [2.05, 4.69) is 22.5 Å². The molecule has 0 saturated heterocycles. The molecule has 4 N–H and O–H groups in total. The van der Waals surface area contributed by atoms with Gasteiger partial charge in [-0.15, -0.1) is 11.8 Å². The number of anilines is 1. The van der Waals surface area contributed by atoms with Crippen LogP contribution < -0.4 is 11.3 Å². The van der Waals surface area contributed by atoms with Gasteiger partial charge in [0.05, 0.1) is 16.8 Å². The predicted octanol–water partition coefficient (Wildman–Crippen LogP) is 1.97. The van der Waals surface area contributed by atoms with Gasteiger partial charge in [0.25, 0.3) is 0 Å². The maximum Gasteiger partial charge on any atom is 0.198 e. The zero-order valence-electron chi connectivity index (χ0n) is 8.86. The highest BCUT2D eigenvalue weighted by molar-refractivity contribution is 7.99. The quantitative estimate of drug-likeness (QED) is 0.442. The highest BCUT2D eigenvalue weighted by Crippen LogP contribution is 2.32. The van der Waals surface area contributed by atoms with Crippen LogP contribution >= 0.6 is 23.1 Å². The molecule has 0 unspecified atom stereocenters. The van der Waals surface area contributed by atoms with Crippen molar-refractivity contribution in [3.8, 4) is 0 Å². The molecule has 0 aliphatic heterocycles. The van der Waals surface area contributed by atoms with Crippen molar-refractivity contribution in [3.05, 3.63) is 17.7 Å². The number of hydrazine groups is 1. The smallest absolute Gasteiger partial charge is 0.198 e. The van der Waals surface area contributed by atoms with Gasteiger partial charge in [-0.3, -0.25) is 5.43 Å². The number of benzene rings is 1. The minimum absolute atomic E-state index is 0.194. The Labute approximate surface area is 102 Å². The average molecular weight is 255 g/mol. The summed E-state index contributed by atoms with van der Waals surface area (Å²) in [6, 6.07) is 4.17. The van der Waals surface area contributed by atoms with E-state index in [0.29, 0.717) is 5.75 Å². The van der Waals surface area contributed by atoms with Crippen LogP contribution in [0.15, 0.2) is 17.0 Å². The molecular weight excluding hydrogens is 242 g/mol. The van der Waals surface area contributed by atoms with Gasteiger partial charge >= 0.3 is 0 Å². The summed E-state index contributed by atoms with van der Waals surface area (Å²) < 4.78 is 1.12. The molecule has 1 aromatic heterocycles. The number of nitrogens with one attached hydrogen (secondary N) is 1. The summed E-state index contributed by atoms with van der Waals surface area (Å²) in [4.78, 5) is 5.53. The van der Waals surface area contributed by atoms with Crippen molar-refractivity contribution in [2.24, 2.45) is 5.84 Å². The van der Waals surface area contributed by atoms with Crippen LogP contribution in [0.5, 0.6) is 0 Å². The second kappa shape index (κ2) is 5.01. The number of hydrogen-bond donors (Lipinski definition) is 3. The lowest BCUT2D eigenvalue weighted by Crippen LogP contribution is -2.05. The molecule has 6 heteroatoms. The Hall–Kier alpha value is -0.820. The molecular formula is C10H13N3OS2. The molecule has 1 heterocycles. The summed E-state index contributed by atoms with van der Waals surface area (Å²) in [5.41, 5.74) is 4.69. The number of rotatable bonds is 4. The van der Waals surface area contributed by atoms with Gasteiger partial charge < -0.3 is 5.11 Å². The van der Waals surface area contributed by atoms with Crippen LogP contribution in [-0.4, -0.2) is 22.5 Å².